The van der Waals surface area contributed by atoms with Gasteiger partial charge in [0.1, 0.15) is 17.0 Å². The second kappa shape index (κ2) is 6.21. The maximum atomic E-state index is 12.9. The van der Waals surface area contributed by atoms with E-state index in [1.807, 2.05) is 6.92 Å². The van der Waals surface area contributed by atoms with Crippen molar-refractivity contribution in [2.75, 3.05) is 16.8 Å². The molecule has 0 aliphatic carbocycles. The maximum Gasteiger partial charge on any atom is 0.304 e. The predicted octanol–water partition coefficient (Wildman–Crippen LogP) is 2.09. The third-order valence-corrected chi connectivity index (χ3v) is 4.35. The number of fused-ring (bicyclic) bond motifs is 3. The van der Waals surface area contributed by atoms with Gasteiger partial charge in [0.2, 0.25) is 0 Å². The molecule has 0 spiro atoms. The van der Waals surface area contributed by atoms with E-state index in [9.17, 15) is 19.2 Å². The summed E-state index contributed by atoms with van der Waals surface area (Å²) in [5, 5.41) is 2.62. The monoisotopic (exact) mass is 362 g/mol. The molecular weight excluding hydrogens is 348 g/mol. The lowest BCUT2D eigenvalue weighted by Gasteiger charge is -2.27. The standard InChI is InChI=1S/C20H14N2O5/c1-2-27-12-9-7-11(8-10-12)17(23)15-16-19(25)21-13-5-3-4-6-14(13)22(16)20(26)18(15)24/h3-10H,2H2,1H3,(H,21,25). The van der Waals surface area contributed by atoms with Crippen molar-refractivity contribution in [1.82, 2.24) is 0 Å². The molecule has 1 N–H and O–H groups in total. The first-order valence-corrected chi connectivity index (χ1v) is 8.34. The first-order chi connectivity index (χ1) is 13.0. The van der Waals surface area contributed by atoms with Gasteiger partial charge >= 0.3 is 5.91 Å². The number of hydrogen-bond acceptors (Lipinski definition) is 5. The predicted molar refractivity (Wildman–Crippen MR) is 96.5 cm³/mol. The zero-order chi connectivity index (χ0) is 19.1. The molecule has 134 valence electrons. The fourth-order valence-corrected chi connectivity index (χ4v) is 3.15. The second-order valence-electron chi connectivity index (χ2n) is 5.95. The molecule has 2 heterocycles. The van der Waals surface area contributed by atoms with Gasteiger partial charge in [-0.1, -0.05) is 12.1 Å². The van der Waals surface area contributed by atoms with Crippen LogP contribution in [0.1, 0.15) is 17.3 Å². The van der Waals surface area contributed by atoms with Crippen molar-refractivity contribution in [2.24, 2.45) is 0 Å². The fraction of sp³-hybridized carbons (Fsp3) is 0.100. The SMILES string of the molecule is CCOc1ccc(C(=O)C2=C3C(=O)Nc4ccccc4N3C(=O)C2=O)cc1. The van der Waals surface area contributed by atoms with Crippen LogP contribution in [-0.2, 0) is 14.4 Å². The quantitative estimate of drug-likeness (QED) is 0.511. The number of rotatable bonds is 4. The average Bonchev–Trinajstić information content (AvgIpc) is 2.94. The summed E-state index contributed by atoms with van der Waals surface area (Å²) in [5.41, 5.74) is 0.302. The molecule has 0 atom stereocenters. The van der Waals surface area contributed by atoms with Gasteiger partial charge in [-0.2, -0.15) is 0 Å². The highest BCUT2D eigenvalue weighted by Crippen LogP contribution is 2.39. The second-order valence-corrected chi connectivity index (χ2v) is 5.95. The lowest BCUT2D eigenvalue weighted by atomic mass is 9.99. The molecule has 0 aromatic heterocycles. The van der Waals surface area contributed by atoms with Crippen LogP contribution in [0, 0.1) is 0 Å². The van der Waals surface area contributed by atoms with Gasteiger partial charge in [-0.25, -0.2) is 0 Å². The van der Waals surface area contributed by atoms with Crippen molar-refractivity contribution >= 4 is 34.8 Å². The molecule has 0 saturated heterocycles. The summed E-state index contributed by atoms with van der Waals surface area (Å²) in [6.45, 7) is 2.31. The summed E-state index contributed by atoms with van der Waals surface area (Å²) in [7, 11) is 0. The van der Waals surface area contributed by atoms with Crippen molar-refractivity contribution in [3.8, 4) is 5.75 Å². The number of carbonyl (C=O) groups is 4. The number of anilines is 2. The number of ether oxygens (including phenoxy) is 1. The first kappa shape index (κ1) is 16.7. The lowest BCUT2D eigenvalue weighted by molar-refractivity contribution is -0.132. The van der Waals surface area contributed by atoms with Gasteiger partial charge < -0.3 is 10.1 Å². The highest BCUT2D eigenvalue weighted by molar-refractivity contribution is 6.60. The van der Waals surface area contributed by atoms with Gasteiger partial charge in [-0.05, 0) is 43.3 Å². The molecule has 0 radical (unpaired) electrons. The Kier molecular flexibility index (Phi) is 3.84. The Morgan fingerprint density at radius 2 is 1.74 bits per heavy atom. The Morgan fingerprint density at radius 1 is 1.04 bits per heavy atom. The van der Waals surface area contributed by atoms with Crippen LogP contribution in [0.4, 0.5) is 11.4 Å². The molecule has 2 aromatic rings. The van der Waals surface area contributed by atoms with Crippen LogP contribution in [0.2, 0.25) is 0 Å². The smallest absolute Gasteiger partial charge is 0.304 e. The van der Waals surface area contributed by atoms with Crippen molar-refractivity contribution in [1.29, 1.82) is 0 Å². The minimum absolute atomic E-state index is 0.190. The van der Waals surface area contributed by atoms with E-state index in [2.05, 4.69) is 5.32 Å². The van der Waals surface area contributed by atoms with Crippen LogP contribution in [0.3, 0.4) is 0 Å². The van der Waals surface area contributed by atoms with Crippen molar-refractivity contribution in [3.63, 3.8) is 0 Å². The minimum Gasteiger partial charge on any atom is -0.494 e. The molecule has 2 aromatic carbocycles. The van der Waals surface area contributed by atoms with Crippen molar-refractivity contribution in [3.05, 3.63) is 65.4 Å². The van der Waals surface area contributed by atoms with Gasteiger partial charge in [0.25, 0.3) is 11.7 Å². The van der Waals surface area contributed by atoms with Crippen LogP contribution in [0.15, 0.2) is 59.8 Å². The number of hydrogen-bond donors (Lipinski definition) is 1. The van der Waals surface area contributed by atoms with Crippen LogP contribution in [0.25, 0.3) is 0 Å². The molecule has 27 heavy (non-hydrogen) atoms. The molecular formula is C20H14N2O5. The zero-order valence-corrected chi connectivity index (χ0v) is 14.3. The first-order valence-electron chi connectivity index (χ1n) is 8.34. The summed E-state index contributed by atoms with van der Waals surface area (Å²) in [4.78, 5) is 51.5. The van der Waals surface area contributed by atoms with Crippen LogP contribution < -0.4 is 15.0 Å². The number of benzene rings is 2. The number of para-hydroxylation sites is 2. The van der Waals surface area contributed by atoms with Gasteiger partial charge in [0.05, 0.1) is 18.0 Å². The van der Waals surface area contributed by atoms with E-state index in [0.29, 0.717) is 23.7 Å². The number of nitrogens with zero attached hydrogens (tertiary/aromatic N) is 1. The molecule has 0 unspecified atom stereocenters. The van der Waals surface area contributed by atoms with E-state index in [-0.39, 0.29) is 11.3 Å². The van der Waals surface area contributed by atoms with E-state index < -0.39 is 29.0 Å². The number of ketones is 2. The Balaban J connectivity index is 1.81. The Hall–Kier alpha value is -3.74. The molecule has 0 saturated carbocycles. The number of nitrogens with one attached hydrogen (secondary N) is 1. The van der Waals surface area contributed by atoms with Gasteiger partial charge in [-0.15, -0.1) is 0 Å². The summed E-state index contributed by atoms with van der Waals surface area (Å²) in [5.74, 6) is -2.67. The zero-order valence-electron chi connectivity index (χ0n) is 14.3. The normalized spacial score (nSPS) is 15.4. The van der Waals surface area contributed by atoms with E-state index >= 15 is 0 Å². The number of amides is 2. The molecule has 7 nitrogen and oxygen atoms in total. The highest BCUT2D eigenvalue weighted by atomic mass is 16.5. The minimum atomic E-state index is -0.990. The van der Waals surface area contributed by atoms with E-state index in [4.69, 9.17) is 4.74 Å². The molecule has 2 aliphatic rings. The fourth-order valence-electron chi connectivity index (χ4n) is 3.15. The van der Waals surface area contributed by atoms with Crippen molar-refractivity contribution < 1.29 is 23.9 Å². The van der Waals surface area contributed by atoms with Crippen LogP contribution in [-0.4, -0.2) is 30.0 Å². The van der Waals surface area contributed by atoms with Gasteiger partial charge in [-0.3, -0.25) is 24.1 Å². The maximum absolute atomic E-state index is 12.9. The third-order valence-electron chi connectivity index (χ3n) is 4.35. The Bertz CT molecular complexity index is 1040. The topological polar surface area (TPSA) is 92.8 Å². The van der Waals surface area contributed by atoms with Crippen LogP contribution >= 0.6 is 0 Å². The molecule has 4 rings (SSSR count). The van der Waals surface area contributed by atoms with E-state index in [0.717, 1.165) is 4.90 Å². The summed E-state index contributed by atoms with van der Waals surface area (Å²) < 4.78 is 5.33. The molecule has 2 aliphatic heterocycles. The Morgan fingerprint density at radius 3 is 2.44 bits per heavy atom. The molecule has 7 heteroatoms. The highest BCUT2D eigenvalue weighted by Gasteiger charge is 2.48. The van der Waals surface area contributed by atoms with Crippen LogP contribution in [0.5, 0.6) is 5.75 Å². The molecule has 2 amide bonds. The summed E-state index contributed by atoms with van der Waals surface area (Å²) in [6, 6.07) is 12.8. The lowest BCUT2D eigenvalue weighted by Crippen LogP contribution is -2.37. The third kappa shape index (κ3) is 2.52. The largest absolute Gasteiger partial charge is 0.494 e. The average molecular weight is 362 g/mol. The number of carbonyl (C=O) groups excluding carboxylic acids is 4. The van der Waals surface area contributed by atoms with Crippen molar-refractivity contribution in [2.45, 2.75) is 6.92 Å². The number of Topliss-reactive ketones (excluding diaryl/α,β-unsaturated/α-hetero) is 2. The molecule has 0 fully saturated rings. The van der Waals surface area contributed by atoms with E-state index in [1.54, 1.807) is 36.4 Å². The summed E-state index contributed by atoms with van der Waals surface area (Å²) >= 11 is 0. The Labute approximate surface area is 154 Å². The van der Waals surface area contributed by atoms with Gasteiger partial charge in [0.15, 0.2) is 5.78 Å². The summed E-state index contributed by atoms with van der Waals surface area (Å²) in [6.07, 6.45) is 0. The van der Waals surface area contributed by atoms with E-state index in [1.165, 1.54) is 12.1 Å². The van der Waals surface area contributed by atoms with Gasteiger partial charge in [0, 0.05) is 5.56 Å². The molecule has 0 bridgehead atoms.